The summed E-state index contributed by atoms with van der Waals surface area (Å²) in [6.45, 7) is 4.78. The smallest absolute Gasteiger partial charge is 0.0719 e. The summed E-state index contributed by atoms with van der Waals surface area (Å²) in [7, 11) is 0. The van der Waals surface area contributed by atoms with Gasteiger partial charge in [-0.1, -0.05) is 250 Å². The van der Waals surface area contributed by atoms with E-state index in [1.165, 1.54) is 105 Å². The number of hydrogen-bond donors (Lipinski definition) is 0. The van der Waals surface area contributed by atoms with Crippen LogP contribution >= 0.6 is 0 Å². The van der Waals surface area contributed by atoms with E-state index in [1.54, 1.807) is 0 Å². The van der Waals surface area contributed by atoms with Crippen LogP contribution in [-0.4, -0.2) is 4.57 Å². The van der Waals surface area contributed by atoms with Crippen LogP contribution in [0.25, 0.3) is 83.1 Å². The van der Waals surface area contributed by atoms with Crippen molar-refractivity contribution in [2.45, 2.75) is 24.7 Å². The Hall–Kier alpha value is -9.76. The molecule has 0 unspecified atom stereocenters. The van der Waals surface area contributed by atoms with E-state index in [0.29, 0.717) is 0 Å². The molecule has 0 aliphatic heterocycles. The largest absolute Gasteiger partial charge is 0.310 e. The molecule has 0 atom stereocenters. The zero-order valence-corrected chi connectivity index (χ0v) is 43.6. The van der Waals surface area contributed by atoms with Crippen LogP contribution in [0.15, 0.2) is 291 Å². The monoisotopic (exact) mass is 994 g/mol. The van der Waals surface area contributed by atoms with Gasteiger partial charge in [-0.25, -0.2) is 0 Å². The van der Waals surface area contributed by atoms with Gasteiger partial charge in [-0.2, -0.15) is 0 Å². The van der Waals surface area contributed by atoms with Gasteiger partial charge >= 0.3 is 0 Å². The minimum absolute atomic E-state index is 0.161. The Balaban J connectivity index is 0.911. The summed E-state index contributed by atoms with van der Waals surface area (Å²) in [5, 5.41) is 2.48. The molecule has 0 amide bonds. The lowest BCUT2D eigenvalue weighted by Gasteiger charge is -2.46. The highest BCUT2D eigenvalue weighted by Crippen LogP contribution is 2.62. The van der Waals surface area contributed by atoms with E-state index >= 15 is 0 Å². The molecule has 2 heteroatoms. The van der Waals surface area contributed by atoms with E-state index in [2.05, 4.69) is 315 Å². The van der Waals surface area contributed by atoms with Crippen molar-refractivity contribution in [1.29, 1.82) is 0 Å². The third-order valence-corrected chi connectivity index (χ3v) is 17.1. The molecule has 0 saturated carbocycles. The standard InChI is InChI=1S/C76H54N2/c1-75(2)67-36-15-17-38-69(67)76(70-39-18-16-37-68(70)75)66-35-14-10-31-61(66)62-48-45-53(49-71(62)76)51-43-46-54(47-44-51)77(55-25-22-26-56(50-55)78-73-41-20-12-33-64(73)65-34-13-21-42-74(65)78)72-40-19-11-32-63(72)60-30-9-8-29-59(60)58-28-7-6-27-57(58)52-23-4-3-5-24-52/h3-50H,1-2H3. The fraction of sp³-hybridized carbons (Fsp3) is 0.0526. The van der Waals surface area contributed by atoms with Crippen LogP contribution in [-0.2, 0) is 10.8 Å². The molecule has 12 aromatic carbocycles. The first kappa shape index (κ1) is 45.6. The fourth-order valence-electron chi connectivity index (χ4n) is 13.7. The second-order valence-corrected chi connectivity index (χ2v) is 21.5. The molecule has 1 aromatic heterocycles. The highest BCUT2D eigenvalue weighted by Gasteiger charge is 2.53. The van der Waals surface area contributed by atoms with Gasteiger partial charge in [-0.05, 0) is 138 Å². The van der Waals surface area contributed by atoms with E-state index in [4.69, 9.17) is 0 Å². The highest BCUT2D eigenvalue weighted by atomic mass is 15.1. The minimum atomic E-state index is -0.468. The molecule has 2 aliphatic rings. The molecule has 0 N–H and O–H groups in total. The third kappa shape index (κ3) is 6.83. The van der Waals surface area contributed by atoms with E-state index in [1.807, 2.05) is 0 Å². The van der Waals surface area contributed by atoms with E-state index in [-0.39, 0.29) is 5.41 Å². The minimum Gasteiger partial charge on any atom is -0.310 e. The van der Waals surface area contributed by atoms with Crippen molar-refractivity contribution < 1.29 is 0 Å². The van der Waals surface area contributed by atoms with Gasteiger partial charge in [-0.15, -0.1) is 0 Å². The van der Waals surface area contributed by atoms with Gasteiger partial charge in [0.25, 0.3) is 0 Å². The number of fused-ring (bicyclic) bond motifs is 12. The Kier molecular flexibility index (Phi) is 10.5. The summed E-state index contributed by atoms with van der Waals surface area (Å²) >= 11 is 0. The average molecular weight is 995 g/mol. The van der Waals surface area contributed by atoms with Crippen molar-refractivity contribution in [2.75, 3.05) is 4.90 Å². The van der Waals surface area contributed by atoms with E-state index < -0.39 is 5.41 Å². The molecule has 0 fully saturated rings. The number of rotatable bonds is 8. The number of aromatic nitrogens is 1. The van der Waals surface area contributed by atoms with Crippen molar-refractivity contribution in [3.05, 3.63) is 325 Å². The molecule has 1 heterocycles. The topological polar surface area (TPSA) is 8.17 Å². The summed E-state index contributed by atoms with van der Waals surface area (Å²) in [5.74, 6) is 0. The van der Waals surface area contributed by atoms with Crippen molar-refractivity contribution in [3.63, 3.8) is 0 Å². The molecule has 1 spiro atoms. The van der Waals surface area contributed by atoms with Gasteiger partial charge in [-0.3, -0.25) is 0 Å². The Bertz CT molecular complexity index is 4380. The number of benzene rings is 12. The third-order valence-electron chi connectivity index (χ3n) is 17.1. The quantitative estimate of drug-likeness (QED) is 0.147. The predicted octanol–water partition coefficient (Wildman–Crippen LogP) is 19.9. The summed E-state index contributed by atoms with van der Waals surface area (Å²) in [5.41, 5.74) is 26.3. The summed E-state index contributed by atoms with van der Waals surface area (Å²) < 4.78 is 2.42. The molecule has 2 aliphatic carbocycles. The molecule has 0 bridgehead atoms. The fourth-order valence-corrected chi connectivity index (χ4v) is 13.7. The predicted molar refractivity (Wildman–Crippen MR) is 327 cm³/mol. The lowest BCUT2D eigenvalue weighted by molar-refractivity contribution is 0.563. The van der Waals surface area contributed by atoms with E-state index in [9.17, 15) is 0 Å². The van der Waals surface area contributed by atoms with Crippen molar-refractivity contribution in [3.8, 4) is 61.3 Å². The molecule has 0 saturated heterocycles. The molecular weight excluding hydrogens is 941 g/mol. The molecule has 2 nitrogen and oxygen atoms in total. The second-order valence-electron chi connectivity index (χ2n) is 21.5. The van der Waals surface area contributed by atoms with Crippen LogP contribution < -0.4 is 4.90 Å². The van der Waals surface area contributed by atoms with Gasteiger partial charge in [0.05, 0.1) is 22.1 Å². The Morgan fingerprint density at radius 3 is 1.41 bits per heavy atom. The zero-order chi connectivity index (χ0) is 52.0. The van der Waals surface area contributed by atoms with Gasteiger partial charge in [0.15, 0.2) is 0 Å². The van der Waals surface area contributed by atoms with Crippen LogP contribution in [0.1, 0.15) is 47.2 Å². The second kappa shape index (κ2) is 17.9. The maximum absolute atomic E-state index is 2.50. The van der Waals surface area contributed by atoms with Gasteiger partial charge in [0, 0.05) is 38.8 Å². The first-order chi connectivity index (χ1) is 38.5. The highest BCUT2D eigenvalue weighted by molar-refractivity contribution is 6.09. The van der Waals surface area contributed by atoms with Crippen molar-refractivity contribution in [1.82, 2.24) is 4.57 Å². The normalized spacial score (nSPS) is 13.5. The van der Waals surface area contributed by atoms with Crippen LogP contribution in [0, 0.1) is 0 Å². The van der Waals surface area contributed by atoms with Crippen LogP contribution in [0.4, 0.5) is 17.1 Å². The maximum Gasteiger partial charge on any atom is 0.0719 e. The molecule has 78 heavy (non-hydrogen) atoms. The average Bonchev–Trinajstić information content (AvgIpc) is 4.15. The lowest BCUT2D eigenvalue weighted by Crippen LogP contribution is -2.40. The number of hydrogen-bond acceptors (Lipinski definition) is 1. The van der Waals surface area contributed by atoms with Crippen molar-refractivity contribution >= 4 is 38.9 Å². The molecule has 368 valence electrons. The van der Waals surface area contributed by atoms with Crippen LogP contribution in [0.3, 0.4) is 0 Å². The van der Waals surface area contributed by atoms with Gasteiger partial charge in [0.1, 0.15) is 0 Å². The van der Waals surface area contributed by atoms with Gasteiger partial charge < -0.3 is 9.47 Å². The van der Waals surface area contributed by atoms with Crippen LogP contribution in [0.2, 0.25) is 0 Å². The first-order valence-corrected chi connectivity index (χ1v) is 27.3. The number of anilines is 3. The van der Waals surface area contributed by atoms with Crippen LogP contribution in [0.5, 0.6) is 0 Å². The Morgan fingerprint density at radius 1 is 0.282 bits per heavy atom. The molecule has 15 rings (SSSR count). The zero-order valence-electron chi connectivity index (χ0n) is 43.6. The Morgan fingerprint density at radius 2 is 0.756 bits per heavy atom. The Labute approximate surface area is 456 Å². The summed E-state index contributed by atoms with van der Waals surface area (Å²) in [4.78, 5) is 2.46. The number of para-hydroxylation sites is 3. The molecule has 13 aromatic rings. The summed E-state index contributed by atoms with van der Waals surface area (Å²) in [6, 6.07) is 108. The van der Waals surface area contributed by atoms with Crippen molar-refractivity contribution in [2.24, 2.45) is 0 Å². The molecular formula is C76H54N2. The van der Waals surface area contributed by atoms with Gasteiger partial charge in [0.2, 0.25) is 0 Å². The number of nitrogens with zero attached hydrogens (tertiary/aromatic N) is 2. The lowest BCUT2D eigenvalue weighted by atomic mass is 9.55. The first-order valence-electron chi connectivity index (χ1n) is 27.3. The van der Waals surface area contributed by atoms with E-state index in [0.717, 1.165) is 28.3 Å². The maximum atomic E-state index is 2.50. The summed E-state index contributed by atoms with van der Waals surface area (Å²) in [6.07, 6.45) is 0. The molecule has 0 radical (unpaired) electrons. The SMILES string of the molecule is CC1(C)c2ccccc2C2(c3ccccc3-c3ccc(-c4ccc(N(c5cccc(-n6c7ccccc7c7ccccc76)c5)c5ccccc5-c5ccccc5-c5ccccc5-c5ccccc5)cc4)cc32)c2ccccc21.